The molecular weight excluding hydrogens is 350 g/mol. The van der Waals surface area contributed by atoms with Crippen molar-refractivity contribution in [2.75, 3.05) is 5.75 Å². The fraction of sp³-hybridized carbons (Fsp3) is 0.167. The first kappa shape index (κ1) is 17.6. The molecule has 3 aromatic rings. The summed E-state index contributed by atoms with van der Waals surface area (Å²) in [6.07, 6.45) is 1.37. The average Bonchev–Trinajstić information content (AvgIpc) is 2.96. The van der Waals surface area contributed by atoms with Gasteiger partial charge in [0, 0.05) is 17.6 Å². The minimum Gasteiger partial charge on any atom is -0.293 e. The highest BCUT2D eigenvalue weighted by Gasteiger charge is 2.16. The van der Waals surface area contributed by atoms with E-state index in [-0.39, 0.29) is 11.3 Å². The molecule has 0 aliphatic rings. The highest BCUT2D eigenvalue weighted by Crippen LogP contribution is 2.20. The first-order valence-electron chi connectivity index (χ1n) is 7.92. The number of hydrogen-bond acceptors (Lipinski definition) is 5. The van der Waals surface area contributed by atoms with Gasteiger partial charge in [0.15, 0.2) is 5.82 Å². The van der Waals surface area contributed by atoms with Crippen LogP contribution in [0.25, 0.3) is 16.9 Å². The van der Waals surface area contributed by atoms with Crippen LogP contribution in [-0.4, -0.2) is 24.7 Å². The van der Waals surface area contributed by atoms with Gasteiger partial charge < -0.3 is 0 Å². The van der Waals surface area contributed by atoms with Crippen molar-refractivity contribution in [2.24, 2.45) is 0 Å². The van der Waals surface area contributed by atoms with Crippen LogP contribution in [0.5, 0.6) is 0 Å². The molecule has 0 spiro atoms. The summed E-state index contributed by atoms with van der Waals surface area (Å²) in [4.78, 5) is 17.3. The van der Waals surface area contributed by atoms with E-state index in [4.69, 9.17) is 10.0 Å². The monoisotopic (exact) mass is 367 g/mol. The van der Waals surface area contributed by atoms with Crippen molar-refractivity contribution in [2.45, 2.75) is 18.7 Å². The van der Waals surface area contributed by atoms with Crippen molar-refractivity contribution >= 4 is 9.73 Å². The number of benzene rings is 1. The van der Waals surface area contributed by atoms with E-state index in [1.165, 1.54) is 10.9 Å². The maximum absolute atomic E-state index is 12.8. The van der Waals surface area contributed by atoms with Crippen molar-refractivity contribution in [3.8, 4) is 23.0 Å². The normalized spacial score (nSPS) is 13.1. The topological polar surface area (TPSA) is 115 Å². The van der Waals surface area contributed by atoms with Gasteiger partial charge in [-0.25, -0.2) is 18.7 Å². The van der Waals surface area contributed by atoms with Gasteiger partial charge in [-0.15, -0.1) is 0 Å². The van der Waals surface area contributed by atoms with Crippen LogP contribution in [0.1, 0.15) is 18.2 Å². The molecule has 1 unspecified atom stereocenters. The van der Waals surface area contributed by atoms with E-state index < -0.39 is 9.73 Å². The summed E-state index contributed by atoms with van der Waals surface area (Å²) < 4.78 is 21.2. The molecule has 0 radical (unpaired) electrons. The lowest BCUT2D eigenvalue weighted by atomic mass is 10.1. The number of nitrogens with one attached hydrogen (secondary N) is 2. The molecule has 2 N–H and O–H groups in total. The maximum Gasteiger partial charge on any atom is 0.280 e. The molecular formula is C18H17N5O2S. The van der Waals surface area contributed by atoms with Crippen LogP contribution in [-0.2, 0) is 9.73 Å². The Hall–Kier alpha value is -3.18. The summed E-state index contributed by atoms with van der Waals surface area (Å²) >= 11 is 0. The standard InChI is InChI=1S/C18H17N5O2S/c1-3-26(20,25)15-8-9-16(21-11-15)23-18(24)17(12(2)22-23)14-6-4-13(10-19)5-7-14/h4-9,11,20,22H,3H2,1-2H3. The Morgan fingerprint density at radius 1 is 1.27 bits per heavy atom. The Labute approximate surface area is 150 Å². The predicted octanol–water partition coefficient (Wildman–Crippen LogP) is 2.83. The van der Waals surface area contributed by atoms with Gasteiger partial charge >= 0.3 is 0 Å². The Morgan fingerprint density at radius 2 is 1.96 bits per heavy atom. The van der Waals surface area contributed by atoms with Gasteiger partial charge in [-0.1, -0.05) is 19.1 Å². The quantitative estimate of drug-likeness (QED) is 0.737. The fourth-order valence-corrected chi connectivity index (χ4v) is 3.47. The molecule has 0 fully saturated rings. The molecule has 2 aromatic heterocycles. The average molecular weight is 367 g/mol. The van der Waals surface area contributed by atoms with E-state index >= 15 is 0 Å². The highest BCUT2D eigenvalue weighted by atomic mass is 32.2. The second-order valence-electron chi connectivity index (χ2n) is 5.76. The summed E-state index contributed by atoms with van der Waals surface area (Å²) in [5, 5.41) is 11.9. The number of aromatic amines is 1. The van der Waals surface area contributed by atoms with Gasteiger partial charge in [-0.05, 0) is 36.8 Å². The van der Waals surface area contributed by atoms with Gasteiger partial charge in [0.2, 0.25) is 0 Å². The Balaban J connectivity index is 2.05. The zero-order valence-electron chi connectivity index (χ0n) is 14.3. The number of rotatable bonds is 4. The van der Waals surface area contributed by atoms with Crippen LogP contribution in [0.3, 0.4) is 0 Å². The summed E-state index contributed by atoms with van der Waals surface area (Å²) in [5.41, 5.74) is 2.13. The molecule has 1 aromatic carbocycles. The lowest BCUT2D eigenvalue weighted by Crippen LogP contribution is -2.17. The molecule has 0 saturated carbocycles. The number of hydrogen-bond donors (Lipinski definition) is 2. The SMILES string of the molecule is CCS(=N)(=O)c1ccc(-n2[nH]c(C)c(-c3ccc(C#N)cc3)c2=O)nc1. The number of pyridine rings is 1. The summed E-state index contributed by atoms with van der Waals surface area (Å²) in [6, 6.07) is 12.0. The second-order valence-corrected chi connectivity index (χ2v) is 8.16. The third-order valence-electron chi connectivity index (χ3n) is 4.11. The maximum atomic E-state index is 12.8. The molecule has 0 aliphatic carbocycles. The smallest absolute Gasteiger partial charge is 0.280 e. The second kappa shape index (κ2) is 6.61. The van der Waals surface area contributed by atoms with Crippen LogP contribution < -0.4 is 5.56 Å². The number of aromatic nitrogens is 3. The van der Waals surface area contributed by atoms with Gasteiger partial charge in [0.1, 0.15) is 0 Å². The van der Waals surface area contributed by atoms with Gasteiger partial charge in [0.05, 0.1) is 31.8 Å². The fourth-order valence-electron chi connectivity index (χ4n) is 2.63. The van der Waals surface area contributed by atoms with Gasteiger partial charge in [0.25, 0.3) is 5.56 Å². The van der Waals surface area contributed by atoms with E-state index in [2.05, 4.69) is 10.1 Å². The van der Waals surface area contributed by atoms with Crippen molar-refractivity contribution in [3.05, 3.63) is 64.2 Å². The Bertz CT molecular complexity index is 1150. The number of nitrogens with zero attached hydrogens (tertiary/aromatic N) is 3. The lowest BCUT2D eigenvalue weighted by Gasteiger charge is -2.05. The zero-order chi connectivity index (χ0) is 18.9. The molecule has 0 bridgehead atoms. The van der Waals surface area contributed by atoms with E-state index in [0.29, 0.717) is 33.1 Å². The van der Waals surface area contributed by atoms with Gasteiger partial charge in [-0.2, -0.15) is 5.26 Å². The van der Waals surface area contributed by atoms with E-state index in [1.54, 1.807) is 50.2 Å². The predicted molar refractivity (Wildman–Crippen MR) is 98.7 cm³/mol. The van der Waals surface area contributed by atoms with Crippen LogP contribution in [0.2, 0.25) is 0 Å². The molecule has 0 amide bonds. The van der Waals surface area contributed by atoms with E-state index in [0.717, 1.165) is 0 Å². The summed E-state index contributed by atoms with van der Waals surface area (Å²) in [6.45, 7) is 3.47. The van der Waals surface area contributed by atoms with E-state index in [9.17, 15) is 9.00 Å². The Morgan fingerprint density at radius 3 is 2.50 bits per heavy atom. The minimum atomic E-state index is -2.85. The van der Waals surface area contributed by atoms with Crippen molar-refractivity contribution < 1.29 is 4.21 Å². The molecule has 0 saturated heterocycles. The van der Waals surface area contributed by atoms with Crippen molar-refractivity contribution in [3.63, 3.8) is 0 Å². The first-order valence-corrected chi connectivity index (χ1v) is 9.65. The van der Waals surface area contributed by atoms with Gasteiger partial charge in [-0.3, -0.25) is 9.89 Å². The summed E-state index contributed by atoms with van der Waals surface area (Å²) in [5.74, 6) is 0.561. The van der Waals surface area contributed by atoms with Crippen LogP contribution >= 0.6 is 0 Å². The first-order chi connectivity index (χ1) is 12.4. The third-order valence-corrected chi connectivity index (χ3v) is 5.93. The molecule has 0 aliphatic heterocycles. The lowest BCUT2D eigenvalue weighted by molar-refractivity contribution is 0.675. The largest absolute Gasteiger partial charge is 0.293 e. The molecule has 2 heterocycles. The van der Waals surface area contributed by atoms with Crippen LogP contribution in [0.4, 0.5) is 0 Å². The Kier molecular flexibility index (Phi) is 4.49. The number of nitriles is 1. The number of H-pyrrole nitrogens is 1. The minimum absolute atomic E-state index is 0.207. The molecule has 132 valence electrons. The number of aryl methyl sites for hydroxylation is 1. The zero-order valence-corrected chi connectivity index (χ0v) is 15.1. The van der Waals surface area contributed by atoms with Crippen LogP contribution in [0, 0.1) is 23.0 Å². The molecule has 26 heavy (non-hydrogen) atoms. The molecule has 3 rings (SSSR count). The van der Waals surface area contributed by atoms with Crippen LogP contribution in [0.15, 0.2) is 52.3 Å². The van der Waals surface area contributed by atoms with Crippen molar-refractivity contribution in [1.29, 1.82) is 10.0 Å². The molecule has 7 nitrogen and oxygen atoms in total. The van der Waals surface area contributed by atoms with Crippen molar-refractivity contribution in [1.82, 2.24) is 14.8 Å². The highest BCUT2D eigenvalue weighted by molar-refractivity contribution is 7.92. The summed E-state index contributed by atoms with van der Waals surface area (Å²) in [7, 11) is -2.85. The molecule has 8 heteroatoms. The third kappa shape index (κ3) is 3.05. The molecule has 1 atom stereocenters. The van der Waals surface area contributed by atoms with E-state index in [1.807, 2.05) is 6.07 Å².